The summed E-state index contributed by atoms with van der Waals surface area (Å²) in [6, 6.07) is 0.485. The summed E-state index contributed by atoms with van der Waals surface area (Å²) in [4.78, 5) is 12.3. The number of carbonyl (C=O) groups excluding carboxylic acids is 1. The van der Waals surface area contributed by atoms with E-state index in [2.05, 4.69) is 39.9 Å². The van der Waals surface area contributed by atoms with E-state index in [1.54, 1.807) is 0 Å². The van der Waals surface area contributed by atoms with Gasteiger partial charge < -0.3 is 11.1 Å². The van der Waals surface area contributed by atoms with E-state index >= 15 is 0 Å². The standard InChI is InChI=1S/C16H32N2O/c1-11(2)6-9-14(16(3,4)5)18-15(19)12-7-8-13(17)10-12/h11-14H,6-10,17H2,1-5H3,(H,18,19). The molecule has 0 radical (unpaired) electrons. The van der Waals surface area contributed by atoms with Crippen LogP contribution in [0, 0.1) is 17.3 Å². The molecule has 0 aromatic heterocycles. The van der Waals surface area contributed by atoms with Crippen LogP contribution in [0.1, 0.15) is 66.7 Å². The lowest BCUT2D eigenvalue weighted by Gasteiger charge is -2.33. The van der Waals surface area contributed by atoms with Crippen molar-refractivity contribution in [2.75, 3.05) is 0 Å². The van der Waals surface area contributed by atoms with Gasteiger partial charge in [0.2, 0.25) is 5.91 Å². The summed E-state index contributed by atoms with van der Waals surface area (Å²) in [6.45, 7) is 11.1. The van der Waals surface area contributed by atoms with E-state index in [0.717, 1.165) is 32.1 Å². The van der Waals surface area contributed by atoms with Gasteiger partial charge >= 0.3 is 0 Å². The minimum Gasteiger partial charge on any atom is -0.353 e. The van der Waals surface area contributed by atoms with Crippen molar-refractivity contribution in [3.8, 4) is 0 Å². The molecule has 1 aliphatic rings. The number of nitrogens with two attached hydrogens (primary N) is 1. The molecule has 1 amide bonds. The second-order valence-corrected chi connectivity index (χ2v) is 7.67. The molecule has 1 fully saturated rings. The Morgan fingerprint density at radius 1 is 1.26 bits per heavy atom. The van der Waals surface area contributed by atoms with Gasteiger partial charge in [-0.15, -0.1) is 0 Å². The SMILES string of the molecule is CC(C)CCC(NC(=O)C1CCC(N)C1)C(C)(C)C. The molecule has 3 N–H and O–H groups in total. The highest BCUT2D eigenvalue weighted by Crippen LogP contribution is 2.28. The summed E-state index contributed by atoms with van der Waals surface area (Å²) in [7, 11) is 0. The Morgan fingerprint density at radius 3 is 2.32 bits per heavy atom. The third-order valence-corrected chi connectivity index (χ3v) is 4.24. The van der Waals surface area contributed by atoms with Crippen LogP contribution < -0.4 is 11.1 Å². The number of hydrogen-bond donors (Lipinski definition) is 2. The lowest BCUT2D eigenvalue weighted by Crippen LogP contribution is -2.46. The molecular formula is C16H32N2O. The molecule has 1 saturated carbocycles. The fraction of sp³-hybridized carbons (Fsp3) is 0.938. The molecule has 0 spiro atoms. The Hall–Kier alpha value is -0.570. The predicted molar refractivity (Wildman–Crippen MR) is 80.8 cm³/mol. The lowest BCUT2D eigenvalue weighted by atomic mass is 9.82. The molecule has 3 nitrogen and oxygen atoms in total. The van der Waals surface area contributed by atoms with E-state index in [9.17, 15) is 4.79 Å². The van der Waals surface area contributed by atoms with Gasteiger partial charge in [-0.05, 0) is 43.4 Å². The van der Waals surface area contributed by atoms with Crippen LogP contribution in [0.15, 0.2) is 0 Å². The topological polar surface area (TPSA) is 55.1 Å². The molecule has 19 heavy (non-hydrogen) atoms. The molecule has 1 rings (SSSR count). The summed E-state index contributed by atoms with van der Waals surface area (Å²) in [5.41, 5.74) is 6.01. The summed E-state index contributed by atoms with van der Waals surface area (Å²) < 4.78 is 0. The average Bonchev–Trinajstić information content (AvgIpc) is 2.68. The number of amides is 1. The molecule has 0 heterocycles. The van der Waals surface area contributed by atoms with E-state index in [1.807, 2.05) is 0 Å². The van der Waals surface area contributed by atoms with E-state index in [4.69, 9.17) is 5.73 Å². The molecule has 3 unspecified atom stereocenters. The lowest BCUT2D eigenvalue weighted by molar-refractivity contribution is -0.126. The smallest absolute Gasteiger partial charge is 0.223 e. The first-order valence-electron chi connectivity index (χ1n) is 7.76. The van der Waals surface area contributed by atoms with Gasteiger partial charge in [-0.25, -0.2) is 0 Å². The minimum atomic E-state index is 0.116. The highest BCUT2D eigenvalue weighted by Gasteiger charge is 2.32. The Labute approximate surface area is 118 Å². The fourth-order valence-corrected chi connectivity index (χ4v) is 2.77. The number of carbonyl (C=O) groups is 1. The first-order valence-corrected chi connectivity index (χ1v) is 7.76. The van der Waals surface area contributed by atoms with Crippen LogP contribution in [-0.2, 0) is 4.79 Å². The van der Waals surface area contributed by atoms with E-state index in [-0.39, 0.29) is 29.3 Å². The molecule has 0 aliphatic heterocycles. The van der Waals surface area contributed by atoms with Gasteiger partial charge in [-0.1, -0.05) is 34.6 Å². The highest BCUT2D eigenvalue weighted by molar-refractivity contribution is 5.79. The van der Waals surface area contributed by atoms with Crippen LogP contribution in [0.5, 0.6) is 0 Å². The van der Waals surface area contributed by atoms with Crippen molar-refractivity contribution in [2.24, 2.45) is 23.0 Å². The Morgan fingerprint density at radius 2 is 1.89 bits per heavy atom. The molecule has 112 valence electrons. The Kier molecular flexibility index (Phi) is 5.84. The normalized spacial score (nSPS) is 25.6. The van der Waals surface area contributed by atoms with Crippen molar-refractivity contribution in [2.45, 2.75) is 78.8 Å². The zero-order valence-electron chi connectivity index (χ0n) is 13.3. The van der Waals surface area contributed by atoms with Gasteiger partial charge in [0.15, 0.2) is 0 Å². The quantitative estimate of drug-likeness (QED) is 0.805. The Balaban J connectivity index is 2.54. The van der Waals surface area contributed by atoms with E-state index < -0.39 is 0 Å². The van der Waals surface area contributed by atoms with Crippen LogP contribution >= 0.6 is 0 Å². The van der Waals surface area contributed by atoms with Crippen molar-refractivity contribution in [3.63, 3.8) is 0 Å². The van der Waals surface area contributed by atoms with Crippen LogP contribution in [0.3, 0.4) is 0 Å². The van der Waals surface area contributed by atoms with Crippen molar-refractivity contribution in [3.05, 3.63) is 0 Å². The van der Waals surface area contributed by atoms with Crippen LogP contribution in [0.2, 0.25) is 0 Å². The van der Waals surface area contributed by atoms with Gasteiger partial charge in [0, 0.05) is 18.0 Å². The van der Waals surface area contributed by atoms with Gasteiger partial charge in [-0.2, -0.15) is 0 Å². The van der Waals surface area contributed by atoms with Crippen LogP contribution in [0.4, 0.5) is 0 Å². The maximum absolute atomic E-state index is 12.3. The zero-order chi connectivity index (χ0) is 14.6. The molecule has 3 atom stereocenters. The fourth-order valence-electron chi connectivity index (χ4n) is 2.77. The maximum atomic E-state index is 12.3. The second-order valence-electron chi connectivity index (χ2n) is 7.67. The maximum Gasteiger partial charge on any atom is 0.223 e. The largest absolute Gasteiger partial charge is 0.353 e. The van der Waals surface area contributed by atoms with Gasteiger partial charge in [0.05, 0.1) is 0 Å². The number of hydrogen-bond acceptors (Lipinski definition) is 2. The van der Waals surface area contributed by atoms with Crippen molar-refractivity contribution in [1.82, 2.24) is 5.32 Å². The van der Waals surface area contributed by atoms with Crippen molar-refractivity contribution in [1.29, 1.82) is 0 Å². The molecule has 0 saturated heterocycles. The predicted octanol–water partition coefficient (Wildman–Crippen LogP) is 3.08. The third-order valence-electron chi connectivity index (χ3n) is 4.24. The molecule has 3 heteroatoms. The first kappa shape index (κ1) is 16.5. The first-order chi connectivity index (χ1) is 8.70. The highest BCUT2D eigenvalue weighted by atomic mass is 16.2. The van der Waals surface area contributed by atoms with E-state index in [1.165, 1.54) is 0 Å². The summed E-state index contributed by atoms with van der Waals surface area (Å²) in [5.74, 6) is 1.04. The number of nitrogens with one attached hydrogen (secondary N) is 1. The van der Waals surface area contributed by atoms with Crippen LogP contribution in [0.25, 0.3) is 0 Å². The van der Waals surface area contributed by atoms with Crippen molar-refractivity contribution >= 4 is 5.91 Å². The van der Waals surface area contributed by atoms with Gasteiger partial charge in [-0.3, -0.25) is 4.79 Å². The second kappa shape index (κ2) is 6.74. The molecule has 1 aliphatic carbocycles. The molecule has 0 bridgehead atoms. The van der Waals surface area contributed by atoms with E-state index in [0.29, 0.717) is 5.92 Å². The summed E-state index contributed by atoms with van der Waals surface area (Å²) in [6.07, 6.45) is 5.02. The average molecular weight is 268 g/mol. The number of rotatable bonds is 5. The van der Waals surface area contributed by atoms with Gasteiger partial charge in [0.25, 0.3) is 0 Å². The minimum absolute atomic E-state index is 0.116. The monoisotopic (exact) mass is 268 g/mol. The van der Waals surface area contributed by atoms with Crippen LogP contribution in [-0.4, -0.2) is 18.0 Å². The Bertz CT molecular complexity index is 294. The molecular weight excluding hydrogens is 236 g/mol. The molecule has 0 aromatic rings. The van der Waals surface area contributed by atoms with Gasteiger partial charge in [0.1, 0.15) is 0 Å². The zero-order valence-corrected chi connectivity index (χ0v) is 13.3. The van der Waals surface area contributed by atoms with Crippen molar-refractivity contribution < 1.29 is 4.79 Å². The summed E-state index contributed by atoms with van der Waals surface area (Å²) >= 11 is 0. The molecule has 0 aromatic carbocycles. The summed E-state index contributed by atoms with van der Waals surface area (Å²) in [5, 5.41) is 3.28. The third kappa shape index (κ3) is 5.52.